The molecule has 21 heavy (non-hydrogen) atoms. The fourth-order valence-electron chi connectivity index (χ4n) is 2.11. The molecule has 106 valence electrons. The van der Waals surface area contributed by atoms with E-state index in [1.165, 1.54) is 12.1 Å². The molecule has 0 fully saturated rings. The van der Waals surface area contributed by atoms with Crippen LogP contribution in [0.3, 0.4) is 0 Å². The minimum atomic E-state index is -0.405. The van der Waals surface area contributed by atoms with E-state index >= 15 is 0 Å². The van der Waals surface area contributed by atoms with Gasteiger partial charge in [0, 0.05) is 16.3 Å². The Labute approximate surface area is 125 Å². The normalized spacial score (nSPS) is 10.8. The Morgan fingerprint density at radius 3 is 2.71 bits per heavy atom. The molecule has 5 nitrogen and oxygen atoms in total. The van der Waals surface area contributed by atoms with Gasteiger partial charge in [-0.25, -0.2) is 4.39 Å². The van der Waals surface area contributed by atoms with Crippen LogP contribution in [0.1, 0.15) is 5.56 Å². The minimum absolute atomic E-state index is 0.276. The van der Waals surface area contributed by atoms with Crippen molar-refractivity contribution in [2.24, 2.45) is 0 Å². The maximum atomic E-state index is 13.2. The molecule has 1 heterocycles. The number of tetrazole rings is 1. The minimum Gasteiger partial charge on any atom is -0.398 e. The Bertz CT molecular complexity index is 749. The number of nitrogen functional groups attached to an aromatic ring is 1. The zero-order chi connectivity index (χ0) is 15.0. The Balaban J connectivity index is 2.17. The predicted octanol–water partition coefficient (Wildman–Crippen LogP) is 3.01. The van der Waals surface area contributed by atoms with Gasteiger partial charge < -0.3 is 5.73 Å². The third-order valence-corrected chi connectivity index (χ3v) is 3.35. The maximum Gasteiger partial charge on any atom is 0.189 e. The van der Waals surface area contributed by atoms with E-state index in [9.17, 15) is 4.39 Å². The van der Waals surface area contributed by atoms with Crippen molar-refractivity contribution in [1.29, 1.82) is 0 Å². The summed E-state index contributed by atoms with van der Waals surface area (Å²) in [6, 6.07) is 9.50. The lowest BCUT2D eigenvalue weighted by molar-refractivity contribution is 0.628. The first kappa shape index (κ1) is 13.5. The molecule has 0 aliphatic heterocycles. The van der Waals surface area contributed by atoms with Crippen molar-refractivity contribution in [3.05, 3.63) is 52.8 Å². The molecule has 0 bridgehead atoms. The number of rotatable bonds is 2. The number of aromatic nitrogens is 4. The molecule has 0 radical (unpaired) electrons. The predicted molar refractivity (Wildman–Crippen MR) is 78.7 cm³/mol. The third-order valence-electron chi connectivity index (χ3n) is 3.11. The molecule has 0 atom stereocenters. The van der Waals surface area contributed by atoms with Crippen LogP contribution in [0.4, 0.5) is 10.1 Å². The highest BCUT2D eigenvalue weighted by atomic mass is 35.5. The summed E-state index contributed by atoms with van der Waals surface area (Å²) in [5.41, 5.74) is 8.39. The summed E-state index contributed by atoms with van der Waals surface area (Å²) in [6.07, 6.45) is 0. The number of nitrogens with two attached hydrogens (primary N) is 1. The molecule has 0 aliphatic carbocycles. The Morgan fingerprint density at radius 2 is 2.00 bits per heavy atom. The van der Waals surface area contributed by atoms with E-state index in [0.717, 1.165) is 11.3 Å². The molecular formula is C14H11ClFN5. The van der Waals surface area contributed by atoms with Crippen molar-refractivity contribution in [3.8, 4) is 17.1 Å². The molecule has 0 amide bonds. The molecule has 2 N–H and O–H groups in total. The Hall–Kier alpha value is -2.47. The van der Waals surface area contributed by atoms with Crippen LogP contribution >= 0.6 is 11.6 Å². The quantitative estimate of drug-likeness (QED) is 0.739. The number of benzene rings is 2. The molecule has 0 aliphatic rings. The molecular weight excluding hydrogens is 293 g/mol. The van der Waals surface area contributed by atoms with Gasteiger partial charge in [0.25, 0.3) is 0 Å². The lowest BCUT2D eigenvalue weighted by Gasteiger charge is -2.09. The first-order valence-corrected chi connectivity index (χ1v) is 6.54. The number of aryl methyl sites for hydroxylation is 1. The highest BCUT2D eigenvalue weighted by molar-refractivity contribution is 6.30. The van der Waals surface area contributed by atoms with Crippen LogP contribution in [-0.4, -0.2) is 20.2 Å². The largest absolute Gasteiger partial charge is 0.398 e. The Morgan fingerprint density at radius 1 is 1.19 bits per heavy atom. The average molecular weight is 304 g/mol. The van der Waals surface area contributed by atoms with E-state index in [1.807, 2.05) is 19.1 Å². The standard InChI is InChI=1S/C14H11ClFN5/c1-8-6-9(15)2-5-13(8)21-14(18-19-20-21)11-4-3-10(16)7-12(11)17/h2-7H,17H2,1H3. The number of nitrogens with zero attached hydrogens (tertiary/aromatic N) is 4. The van der Waals surface area contributed by atoms with Crippen molar-refractivity contribution in [1.82, 2.24) is 20.2 Å². The highest BCUT2D eigenvalue weighted by Crippen LogP contribution is 2.27. The van der Waals surface area contributed by atoms with Crippen LogP contribution in [-0.2, 0) is 0 Å². The van der Waals surface area contributed by atoms with Gasteiger partial charge >= 0.3 is 0 Å². The SMILES string of the molecule is Cc1cc(Cl)ccc1-n1nnnc1-c1ccc(F)cc1N. The van der Waals surface area contributed by atoms with Crippen molar-refractivity contribution < 1.29 is 4.39 Å². The number of anilines is 1. The second-order valence-corrected chi connectivity index (χ2v) is 5.01. The summed E-state index contributed by atoms with van der Waals surface area (Å²) in [5, 5.41) is 12.3. The van der Waals surface area contributed by atoms with Gasteiger partial charge in [0.15, 0.2) is 5.82 Å². The van der Waals surface area contributed by atoms with Crippen LogP contribution in [0.2, 0.25) is 5.02 Å². The van der Waals surface area contributed by atoms with Crippen LogP contribution < -0.4 is 5.73 Å². The molecule has 0 saturated heterocycles. The van der Waals surface area contributed by atoms with E-state index in [0.29, 0.717) is 16.4 Å². The number of hydrogen-bond donors (Lipinski definition) is 1. The first-order chi connectivity index (χ1) is 10.1. The van der Waals surface area contributed by atoms with E-state index < -0.39 is 5.82 Å². The molecule has 0 spiro atoms. The van der Waals surface area contributed by atoms with Crippen LogP contribution in [0.25, 0.3) is 17.1 Å². The third kappa shape index (κ3) is 2.45. The lowest BCUT2D eigenvalue weighted by Crippen LogP contribution is -2.03. The smallest absolute Gasteiger partial charge is 0.189 e. The molecule has 0 saturated carbocycles. The zero-order valence-corrected chi connectivity index (χ0v) is 11.8. The van der Waals surface area contributed by atoms with E-state index in [4.69, 9.17) is 17.3 Å². The summed E-state index contributed by atoms with van der Waals surface area (Å²) in [7, 11) is 0. The second-order valence-electron chi connectivity index (χ2n) is 4.58. The van der Waals surface area contributed by atoms with Gasteiger partial charge in [-0.05, 0) is 59.3 Å². The summed E-state index contributed by atoms with van der Waals surface area (Å²) >= 11 is 5.96. The summed E-state index contributed by atoms with van der Waals surface area (Å²) in [5.74, 6) is 0.0378. The van der Waals surface area contributed by atoms with Crippen molar-refractivity contribution >= 4 is 17.3 Å². The summed E-state index contributed by atoms with van der Waals surface area (Å²) < 4.78 is 14.7. The lowest BCUT2D eigenvalue weighted by atomic mass is 10.1. The van der Waals surface area contributed by atoms with Gasteiger partial charge in [-0.3, -0.25) is 0 Å². The van der Waals surface area contributed by atoms with Gasteiger partial charge in [-0.15, -0.1) is 5.10 Å². The van der Waals surface area contributed by atoms with Gasteiger partial charge in [-0.2, -0.15) is 4.68 Å². The van der Waals surface area contributed by atoms with Gasteiger partial charge in [-0.1, -0.05) is 11.6 Å². The summed E-state index contributed by atoms with van der Waals surface area (Å²) in [4.78, 5) is 0. The van der Waals surface area contributed by atoms with Gasteiger partial charge in [0.2, 0.25) is 0 Å². The monoisotopic (exact) mass is 303 g/mol. The fraction of sp³-hybridized carbons (Fsp3) is 0.0714. The molecule has 1 aromatic heterocycles. The molecule has 3 rings (SSSR count). The Kier molecular flexibility index (Phi) is 3.31. The van der Waals surface area contributed by atoms with Crippen molar-refractivity contribution in [2.45, 2.75) is 6.92 Å². The average Bonchev–Trinajstić information content (AvgIpc) is 2.87. The molecule has 2 aromatic carbocycles. The molecule has 0 unspecified atom stereocenters. The van der Waals surface area contributed by atoms with E-state index in [-0.39, 0.29) is 5.69 Å². The second kappa shape index (κ2) is 5.14. The molecule has 7 heteroatoms. The van der Waals surface area contributed by atoms with Crippen molar-refractivity contribution in [3.63, 3.8) is 0 Å². The van der Waals surface area contributed by atoms with Crippen LogP contribution in [0, 0.1) is 12.7 Å². The van der Waals surface area contributed by atoms with E-state index in [2.05, 4.69) is 15.5 Å². The van der Waals surface area contributed by atoms with Crippen molar-refractivity contribution in [2.75, 3.05) is 5.73 Å². The maximum absolute atomic E-state index is 13.2. The van der Waals surface area contributed by atoms with Crippen LogP contribution in [0.15, 0.2) is 36.4 Å². The highest BCUT2D eigenvalue weighted by Gasteiger charge is 2.15. The topological polar surface area (TPSA) is 69.6 Å². The number of halogens is 2. The molecule has 3 aromatic rings. The summed E-state index contributed by atoms with van der Waals surface area (Å²) in [6.45, 7) is 1.90. The first-order valence-electron chi connectivity index (χ1n) is 6.16. The van der Waals surface area contributed by atoms with Gasteiger partial charge in [0.05, 0.1) is 5.69 Å². The van der Waals surface area contributed by atoms with Crippen LogP contribution in [0.5, 0.6) is 0 Å². The fourth-order valence-corrected chi connectivity index (χ4v) is 2.34. The van der Waals surface area contributed by atoms with Gasteiger partial charge in [0.1, 0.15) is 5.82 Å². The zero-order valence-electron chi connectivity index (χ0n) is 11.1. The number of hydrogen-bond acceptors (Lipinski definition) is 4. The van der Waals surface area contributed by atoms with E-state index in [1.54, 1.807) is 16.8 Å².